The van der Waals surface area contributed by atoms with Crippen molar-refractivity contribution in [3.8, 4) is 0 Å². The normalized spacial score (nSPS) is 14.8. The maximum Gasteiger partial charge on any atom is 0.233 e. The molecule has 5 nitrogen and oxygen atoms in total. The van der Waals surface area contributed by atoms with E-state index in [1.165, 1.54) is 11.6 Å². The standard InChI is InChI=1S/C20H21F2N3O2/c21-17-7-6-16(12-18(17)22)23-19(26)13-20(27)25-10-8-24(9-11-25)14-15-4-2-1-3-5-15/h1-7,12H,8-11,13-14H2,(H,23,26). The third kappa shape index (κ3) is 5.34. The van der Waals surface area contributed by atoms with Crippen LogP contribution < -0.4 is 5.32 Å². The van der Waals surface area contributed by atoms with Gasteiger partial charge in [-0.3, -0.25) is 14.5 Å². The first kappa shape index (κ1) is 19.0. The molecule has 1 N–H and O–H groups in total. The molecule has 7 heteroatoms. The molecule has 1 fully saturated rings. The maximum absolute atomic E-state index is 13.2. The molecule has 2 aromatic rings. The minimum atomic E-state index is -1.05. The zero-order valence-corrected chi connectivity index (χ0v) is 14.8. The summed E-state index contributed by atoms with van der Waals surface area (Å²) in [5.41, 5.74) is 1.35. The first-order valence-corrected chi connectivity index (χ1v) is 8.80. The zero-order chi connectivity index (χ0) is 19.2. The Labute approximate surface area is 156 Å². The van der Waals surface area contributed by atoms with Crippen LogP contribution in [0.4, 0.5) is 14.5 Å². The summed E-state index contributed by atoms with van der Waals surface area (Å²) in [7, 11) is 0. The van der Waals surface area contributed by atoms with Crippen LogP contribution >= 0.6 is 0 Å². The number of carbonyl (C=O) groups excluding carboxylic acids is 2. The maximum atomic E-state index is 13.2. The molecule has 1 saturated heterocycles. The van der Waals surface area contributed by atoms with Crippen molar-refractivity contribution in [2.24, 2.45) is 0 Å². The van der Waals surface area contributed by atoms with Gasteiger partial charge in [0.05, 0.1) is 0 Å². The molecule has 1 aliphatic heterocycles. The predicted octanol–water partition coefficient (Wildman–Crippen LogP) is 2.64. The van der Waals surface area contributed by atoms with E-state index in [-0.39, 0.29) is 18.0 Å². The summed E-state index contributed by atoms with van der Waals surface area (Å²) in [4.78, 5) is 28.2. The summed E-state index contributed by atoms with van der Waals surface area (Å²) in [6, 6.07) is 13.2. The number of hydrogen-bond acceptors (Lipinski definition) is 3. The quantitative estimate of drug-likeness (QED) is 0.820. The van der Waals surface area contributed by atoms with Crippen LogP contribution in [-0.4, -0.2) is 47.8 Å². The molecule has 0 aromatic heterocycles. The number of nitrogens with zero attached hydrogens (tertiary/aromatic N) is 2. The van der Waals surface area contributed by atoms with Crippen molar-refractivity contribution in [2.75, 3.05) is 31.5 Å². The number of nitrogens with one attached hydrogen (secondary N) is 1. The molecule has 1 aliphatic rings. The van der Waals surface area contributed by atoms with Crippen LogP contribution in [0.2, 0.25) is 0 Å². The summed E-state index contributed by atoms with van der Waals surface area (Å²) in [6.45, 7) is 3.44. The lowest BCUT2D eigenvalue weighted by Gasteiger charge is -2.34. The van der Waals surface area contributed by atoms with Crippen LogP contribution in [0.15, 0.2) is 48.5 Å². The molecule has 0 unspecified atom stereocenters. The van der Waals surface area contributed by atoms with Gasteiger partial charge in [-0.2, -0.15) is 0 Å². The summed E-state index contributed by atoms with van der Waals surface area (Å²) in [5, 5.41) is 2.42. The van der Waals surface area contributed by atoms with Crippen LogP contribution in [0.25, 0.3) is 0 Å². The van der Waals surface area contributed by atoms with Crippen molar-refractivity contribution in [2.45, 2.75) is 13.0 Å². The van der Waals surface area contributed by atoms with Gasteiger partial charge in [0, 0.05) is 44.5 Å². The number of anilines is 1. The zero-order valence-electron chi connectivity index (χ0n) is 14.8. The number of halogens is 2. The van der Waals surface area contributed by atoms with Gasteiger partial charge >= 0.3 is 0 Å². The van der Waals surface area contributed by atoms with E-state index >= 15 is 0 Å². The van der Waals surface area contributed by atoms with Gasteiger partial charge < -0.3 is 10.2 Å². The number of rotatable bonds is 5. The molecule has 0 saturated carbocycles. The van der Waals surface area contributed by atoms with E-state index in [4.69, 9.17) is 0 Å². The van der Waals surface area contributed by atoms with Crippen LogP contribution in [0.5, 0.6) is 0 Å². The lowest BCUT2D eigenvalue weighted by atomic mass is 10.2. The van der Waals surface area contributed by atoms with Gasteiger partial charge in [-0.15, -0.1) is 0 Å². The highest BCUT2D eigenvalue weighted by atomic mass is 19.2. The first-order chi connectivity index (χ1) is 13.0. The molecule has 142 valence electrons. The fourth-order valence-electron chi connectivity index (χ4n) is 3.03. The SMILES string of the molecule is O=C(CC(=O)N1CCN(Cc2ccccc2)CC1)Nc1ccc(F)c(F)c1. The van der Waals surface area contributed by atoms with Crippen molar-refractivity contribution in [3.63, 3.8) is 0 Å². The second-order valence-electron chi connectivity index (χ2n) is 6.50. The summed E-state index contributed by atoms with van der Waals surface area (Å²) in [6.07, 6.45) is -0.322. The molecule has 0 atom stereocenters. The Morgan fingerprint density at radius 2 is 1.63 bits per heavy atom. The van der Waals surface area contributed by atoms with Gasteiger partial charge in [0.1, 0.15) is 6.42 Å². The monoisotopic (exact) mass is 373 g/mol. The summed E-state index contributed by atoms with van der Waals surface area (Å²) in [5.74, 6) is -2.85. The smallest absolute Gasteiger partial charge is 0.233 e. The number of amides is 2. The lowest BCUT2D eigenvalue weighted by molar-refractivity contribution is -0.136. The number of hydrogen-bond donors (Lipinski definition) is 1. The Bertz CT molecular complexity index is 806. The van der Waals surface area contributed by atoms with Crippen molar-refractivity contribution in [3.05, 3.63) is 65.7 Å². The molecule has 0 bridgehead atoms. The second kappa shape index (κ2) is 8.73. The molecular weight excluding hydrogens is 352 g/mol. The van der Waals surface area contributed by atoms with Gasteiger partial charge in [0.25, 0.3) is 0 Å². The Morgan fingerprint density at radius 1 is 0.926 bits per heavy atom. The van der Waals surface area contributed by atoms with E-state index < -0.39 is 17.5 Å². The highest BCUT2D eigenvalue weighted by Crippen LogP contribution is 2.14. The van der Waals surface area contributed by atoms with Crippen LogP contribution in [0, 0.1) is 11.6 Å². The van der Waals surface area contributed by atoms with Gasteiger partial charge in [0.15, 0.2) is 11.6 Å². The number of carbonyl (C=O) groups is 2. The molecule has 1 heterocycles. The van der Waals surface area contributed by atoms with Crippen LogP contribution in [0.1, 0.15) is 12.0 Å². The van der Waals surface area contributed by atoms with E-state index in [0.29, 0.717) is 13.1 Å². The molecule has 0 spiro atoms. The number of benzene rings is 2. The van der Waals surface area contributed by atoms with Gasteiger partial charge in [-0.1, -0.05) is 30.3 Å². The minimum Gasteiger partial charge on any atom is -0.340 e. The largest absolute Gasteiger partial charge is 0.340 e. The van der Waals surface area contributed by atoms with Crippen molar-refractivity contribution in [1.29, 1.82) is 0 Å². The van der Waals surface area contributed by atoms with E-state index in [2.05, 4.69) is 22.3 Å². The van der Waals surface area contributed by atoms with Crippen LogP contribution in [-0.2, 0) is 16.1 Å². The third-order valence-corrected chi connectivity index (χ3v) is 4.49. The molecule has 27 heavy (non-hydrogen) atoms. The van der Waals surface area contributed by atoms with E-state index in [0.717, 1.165) is 31.8 Å². The van der Waals surface area contributed by atoms with E-state index in [9.17, 15) is 18.4 Å². The predicted molar refractivity (Wildman–Crippen MR) is 97.9 cm³/mol. The topological polar surface area (TPSA) is 52.7 Å². The summed E-state index contributed by atoms with van der Waals surface area (Å²) < 4.78 is 26.1. The Hall–Kier alpha value is -2.80. The minimum absolute atomic E-state index is 0.124. The van der Waals surface area contributed by atoms with E-state index in [1.807, 2.05) is 18.2 Å². The van der Waals surface area contributed by atoms with Crippen molar-refractivity contribution >= 4 is 17.5 Å². The van der Waals surface area contributed by atoms with Crippen molar-refractivity contribution < 1.29 is 18.4 Å². The fraction of sp³-hybridized carbons (Fsp3) is 0.300. The summed E-state index contributed by atoms with van der Waals surface area (Å²) >= 11 is 0. The Balaban J connectivity index is 1.44. The molecule has 0 aliphatic carbocycles. The van der Waals surface area contributed by atoms with Gasteiger partial charge in [-0.25, -0.2) is 8.78 Å². The van der Waals surface area contributed by atoms with Crippen molar-refractivity contribution in [1.82, 2.24) is 9.80 Å². The molecule has 0 radical (unpaired) electrons. The molecule has 2 aromatic carbocycles. The fourth-order valence-corrected chi connectivity index (χ4v) is 3.03. The molecular formula is C20H21F2N3O2. The lowest BCUT2D eigenvalue weighted by Crippen LogP contribution is -2.48. The molecule has 3 rings (SSSR count). The van der Waals surface area contributed by atoms with Gasteiger partial charge in [-0.05, 0) is 17.7 Å². The highest BCUT2D eigenvalue weighted by Gasteiger charge is 2.23. The van der Waals surface area contributed by atoms with E-state index in [1.54, 1.807) is 4.90 Å². The Kier molecular flexibility index (Phi) is 6.13. The highest BCUT2D eigenvalue weighted by molar-refractivity contribution is 6.03. The average Bonchev–Trinajstić information content (AvgIpc) is 2.66. The second-order valence-corrected chi connectivity index (χ2v) is 6.50. The van der Waals surface area contributed by atoms with Gasteiger partial charge in [0.2, 0.25) is 11.8 Å². The van der Waals surface area contributed by atoms with Crippen LogP contribution in [0.3, 0.4) is 0 Å². The number of piperazine rings is 1. The molecule has 2 amide bonds. The average molecular weight is 373 g/mol. The first-order valence-electron chi connectivity index (χ1n) is 8.80. The Morgan fingerprint density at radius 3 is 2.30 bits per heavy atom. The third-order valence-electron chi connectivity index (χ3n) is 4.49.